The zero-order chi connectivity index (χ0) is 16.2. The van der Waals surface area contributed by atoms with Crippen molar-refractivity contribution < 1.29 is 10.2 Å². The number of benzene rings is 1. The van der Waals surface area contributed by atoms with Crippen molar-refractivity contribution in [3.05, 3.63) is 51.5 Å². The third kappa shape index (κ3) is 3.20. The lowest BCUT2D eigenvalue weighted by Crippen LogP contribution is -2.12. The maximum absolute atomic E-state index is 9.88. The minimum absolute atomic E-state index is 0.166. The Labute approximate surface area is 141 Å². The number of hydrogen-bond acceptors (Lipinski definition) is 6. The third-order valence-corrected chi connectivity index (χ3v) is 4.86. The van der Waals surface area contributed by atoms with Crippen molar-refractivity contribution in [2.75, 3.05) is 6.54 Å². The van der Waals surface area contributed by atoms with E-state index >= 15 is 0 Å². The molecule has 2 heterocycles. The zero-order valence-corrected chi connectivity index (χ0v) is 14.0. The maximum Gasteiger partial charge on any atom is 0.206 e. The number of phenols is 2. The summed E-state index contributed by atoms with van der Waals surface area (Å²) >= 11 is 3.15. The summed E-state index contributed by atoms with van der Waals surface area (Å²) < 4.78 is 1.75. The van der Waals surface area contributed by atoms with E-state index in [9.17, 15) is 10.2 Å². The Kier molecular flexibility index (Phi) is 4.59. The van der Waals surface area contributed by atoms with Gasteiger partial charge in [0.1, 0.15) is 0 Å². The van der Waals surface area contributed by atoms with Gasteiger partial charge in [-0.25, -0.2) is 4.68 Å². The van der Waals surface area contributed by atoms with E-state index in [-0.39, 0.29) is 11.5 Å². The first-order valence-electron chi connectivity index (χ1n) is 7.01. The van der Waals surface area contributed by atoms with E-state index in [1.807, 2.05) is 29.8 Å². The molecular weight excluding hydrogens is 330 g/mol. The number of thiophene rings is 1. The van der Waals surface area contributed by atoms with Gasteiger partial charge in [-0.1, -0.05) is 12.1 Å². The average molecular weight is 345 g/mol. The van der Waals surface area contributed by atoms with Crippen molar-refractivity contribution in [2.45, 2.75) is 6.92 Å². The first-order chi connectivity index (χ1) is 11.2. The molecule has 0 radical (unpaired) electrons. The molecular formula is C16H15N3O2S2. The summed E-state index contributed by atoms with van der Waals surface area (Å²) in [6, 6.07) is 8.79. The molecule has 1 aromatic carbocycles. The second-order valence-corrected chi connectivity index (χ2v) is 6.41. The summed E-state index contributed by atoms with van der Waals surface area (Å²) in [6.07, 6.45) is 1.52. The number of nitrogens with zero attached hydrogens (tertiary/aromatic N) is 3. The van der Waals surface area contributed by atoms with Crippen LogP contribution in [0.3, 0.4) is 0 Å². The molecule has 0 aliphatic carbocycles. The van der Waals surface area contributed by atoms with Gasteiger partial charge in [0.25, 0.3) is 0 Å². The third-order valence-electron chi connectivity index (χ3n) is 3.11. The highest BCUT2D eigenvalue weighted by Crippen LogP contribution is 2.28. The molecule has 0 aliphatic heterocycles. The maximum atomic E-state index is 9.88. The number of aromatic hydroxyl groups is 2. The molecule has 0 amide bonds. The normalized spacial score (nSPS) is 12.3. The monoisotopic (exact) mass is 345 g/mol. The second kappa shape index (κ2) is 6.80. The van der Waals surface area contributed by atoms with Gasteiger partial charge in [-0.3, -0.25) is 4.99 Å². The molecule has 0 aliphatic rings. The van der Waals surface area contributed by atoms with E-state index in [0.717, 1.165) is 15.4 Å². The van der Waals surface area contributed by atoms with Gasteiger partial charge in [0, 0.05) is 17.5 Å². The molecule has 2 aromatic heterocycles. The second-order valence-electron chi connectivity index (χ2n) is 4.63. The summed E-state index contributed by atoms with van der Waals surface area (Å²) in [7, 11) is 0. The quantitative estimate of drug-likeness (QED) is 0.561. The van der Waals surface area contributed by atoms with E-state index in [1.54, 1.807) is 28.1 Å². The molecule has 2 N–H and O–H groups in total. The molecule has 0 fully saturated rings. The molecule has 3 aromatic rings. The molecule has 5 nitrogen and oxygen atoms in total. The van der Waals surface area contributed by atoms with Crippen LogP contribution in [0.15, 0.2) is 51.2 Å². The number of thiazole rings is 1. The topological polar surface area (TPSA) is 70.1 Å². The van der Waals surface area contributed by atoms with Gasteiger partial charge in [-0.2, -0.15) is 5.10 Å². The summed E-state index contributed by atoms with van der Waals surface area (Å²) in [5.74, 6) is -0.347. The minimum Gasteiger partial charge on any atom is -0.504 e. The summed E-state index contributed by atoms with van der Waals surface area (Å²) in [5.41, 5.74) is 1.40. The molecule has 3 rings (SSSR count). The van der Waals surface area contributed by atoms with Crippen LogP contribution in [0.4, 0.5) is 0 Å². The van der Waals surface area contributed by atoms with Crippen molar-refractivity contribution in [1.82, 2.24) is 4.68 Å². The van der Waals surface area contributed by atoms with Crippen LogP contribution in [0.2, 0.25) is 0 Å². The van der Waals surface area contributed by atoms with E-state index < -0.39 is 0 Å². The van der Waals surface area contributed by atoms with Crippen molar-refractivity contribution >= 4 is 28.9 Å². The molecule has 0 atom stereocenters. The lowest BCUT2D eigenvalue weighted by atomic mass is 10.2. The van der Waals surface area contributed by atoms with Crippen molar-refractivity contribution in [3.63, 3.8) is 0 Å². The van der Waals surface area contributed by atoms with Crippen LogP contribution >= 0.6 is 22.7 Å². The van der Waals surface area contributed by atoms with Crippen molar-refractivity contribution in [1.29, 1.82) is 0 Å². The fourth-order valence-electron chi connectivity index (χ4n) is 2.02. The van der Waals surface area contributed by atoms with Crippen LogP contribution in [0.25, 0.3) is 10.6 Å². The Morgan fingerprint density at radius 1 is 1.17 bits per heavy atom. The Bertz CT molecular complexity index is 892. The summed E-state index contributed by atoms with van der Waals surface area (Å²) in [6.45, 7) is 2.64. The lowest BCUT2D eigenvalue weighted by Gasteiger charge is -2.03. The van der Waals surface area contributed by atoms with Crippen LogP contribution in [0, 0.1) is 0 Å². The highest BCUT2D eigenvalue weighted by atomic mass is 32.1. The van der Waals surface area contributed by atoms with Gasteiger partial charge in [-0.05, 0) is 30.5 Å². The number of hydrogen-bond donors (Lipinski definition) is 2. The number of phenolic OH excluding ortho intramolecular Hbond substituents is 2. The van der Waals surface area contributed by atoms with Gasteiger partial charge in [-0.15, -0.1) is 22.7 Å². The molecule has 0 saturated carbocycles. The highest BCUT2D eigenvalue weighted by molar-refractivity contribution is 7.14. The molecule has 0 unspecified atom stereocenters. The highest BCUT2D eigenvalue weighted by Gasteiger charge is 2.09. The minimum atomic E-state index is -0.182. The van der Waals surface area contributed by atoms with Gasteiger partial charge in [0.15, 0.2) is 11.5 Å². The van der Waals surface area contributed by atoms with Crippen LogP contribution in [0.1, 0.15) is 12.5 Å². The molecule has 0 bridgehead atoms. The van der Waals surface area contributed by atoms with Crippen molar-refractivity contribution in [2.24, 2.45) is 10.1 Å². The Hall–Kier alpha value is -2.38. The number of rotatable bonds is 4. The molecule has 7 heteroatoms. The summed E-state index contributed by atoms with van der Waals surface area (Å²) in [5, 5.41) is 27.9. The molecule has 118 valence electrons. The van der Waals surface area contributed by atoms with E-state index in [1.165, 1.54) is 23.6 Å². The largest absolute Gasteiger partial charge is 0.504 e. The van der Waals surface area contributed by atoms with Crippen molar-refractivity contribution in [3.8, 4) is 22.1 Å². The fraction of sp³-hybridized carbons (Fsp3) is 0.125. The predicted octanol–water partition coefficient (Wildman–Crippen LogP) is 3.49. The van der Waals surface area contributed by atoms with Gasteiger partial charge in [0.2, 0.25) is 4.80 Å². The Balaban J connectivity index is 2.08. The van der Waals surface area contributed by atoms with Gasteiger partial charge >= 0.3 is 0 Å². The van der Waals surface area contributed by atoms with Gasteiger partial charge < -0.3 is 10.2 Å². The Morgan fingerprint density at radius 2 is 2.04 bits per heavy atom. The van der Waals surface area contributed by atoms with Gasteiger partial charge in [0.05, 0.1) is 16.8 Å². The van der Waals surface area contributed by atoms with Crippen LogP contribution in [0.5, 0.6) is 11.5 Å². The van der Waals surface area contributed by atoms with E-state index in [4.69, 9.17) is 0 Å². The molecule has 23 heavy (non-hydrogen) atoms. The molecule has 0 spiro atoms. The van der Waals surface area contributed by atoms with Crippen LogP contribution in [-0.4, -0.2) is 27.6 Å². The van der Waals surface area contributed by atoms with Crippen LogP contribution < -0.4 is 4.80 Å². The van der Waals surface area contributed by atoms with E-state index in [2.05, 4.69) is 10.1 Å². The molecule has 0 saturated heterocycles. The fourth-order valence-corrected chi connectivity index (χ4v) is 3.72. The van der Waals surface area contributed by atoms with E-state index in [0.29, 0.717) is 12.1 Å². The average Bonchev–Trinajstić information content (AvgIpc) is 3.19. The Morgan fingerprint density at radius 3 is 2.78 bits per heavy atom. The first kappa shape index (κ1) is 15.5. The smallest absolute Gasteiger partial charge is 0.206 e. The number of aromatic nitrogens is 1. The lowest BCUT2D eigenvalue weighted by molar-refractivity contribution is 0.403. The zero-order valence-electron chi connectivity index (χ0n) is 12.4. The number of para-hydroxylation sites is 1. The standard InChI is InChI=1S/C16H15N3O2S2/c1-2-17-16-19(12(10-23-16)14-7-4-8-22-14)18-9-11-5-3-6-13(20)15(11)21/h3-10,20-21H,2H2,1H3. The first-order valence-corrected chi connectivity index (χ1v) is 8.77. The summed E-state index contributed by atoms with van der Waals surface area (Å²) in [4.78, 5) is 6.33. The predicted molar refractivity (Wildman–Crippen MR) is 94.5 cm³/mol. The van der Waals surface area contributed by atoms with Crippen LogP contribution in [-0.2, 0) is 0 Å². The SMILES string of the molecule is CCN=c1scc(-c2cccs2)n1N=Cc1cccc(O)c1O.